The minimum atomic E-state index is -0.422. The number of fused-ring (bicyclic) bond motifs is 1. The monoisotopic (exact) mass is 272 g/mol. The van der Waals surface area contributed by atoms with Crippen molar-refractivity contribution in [2.75, 3.05) is 46.6 Å². The van der Waals surface area contributed by atoms with E-state index in [1.54, 1.807) is 7.11 Å². The van der Waals surface area contributed by atoms with Gasteiger partial charge in [-0.3, -0.25) is 4.90 Å². The van der Waals surface area contributed by atoms with Crippen LogP contribution in [-0.4, -0.2) is 74.8 Å². The highest BCUT2D eigenvalue weighted by atomic mass is 16.5. The highest BCUT2D eigenvalue weighted by Gasteiger charge is 2.35. The lowest BCUT2D eigenvalue weighted by atomic mass is 9.99. The average molecular weight is 272 g/mol. The maximum absolute atomic E-state index is 9.86. The Hall–Kier alpha value is -0.200. The predicted molar refractivity (Wildman–Crippen MR) is 74.3 cm³/mol. The first-order chi connectivity index (χ1) is 9.31. The summed E-state index contributed by atoms with van der Waals surface area (Å²) in [6.07, 6.45) is 4.79. The van der Waals surface area contributed by atoms with Crippen molar-refractivity contribution in [3.63, 3.8) is 0 Å². The summed E-state index contributed by atoms with van der Waals surface area (Å²) < 4.78 is 10.2. The Balaban J connectivity index is 1.59. The molecule has 0 bridgehead atoms. The molecule has 2 N–H and O–H groups in total. The number of hydrogen-bond donors (Lipinski definition) is 2. The van der Waals surface area contributed by atoms with Gasteiger partial charge in [0.05, 0.1) is 25.9 Å². The Labute approximate surface area is 116 Å². The number of ether oxygens (including phenoxy) is 2. The molecule has 2 saturated heterocycles. The van der Waals surface area contributed by atoms with Crippen molar-refractivity contribution in [2.24, 2.45) is 0 Å². The van der Waals surface area contributed by atoms with Crippen LogP contribution in [0.2, 0.25) is 0 Å². The van der Waals surface area contributed by atoms with Gasteiger partial charge in [-0.25, -0.2) is 0 Å². The van der Waals surface area contributed by atoms with E-state index in [1.165, 1.54) is 38.8 Å². The fraction of sp³-hybridized carbons (Fsp3) is 1.00. The number of aliphatic hydroxyl groups excluding tert-OH is 1. The number of methoxy groups -OCH3 is 1. The molecule has 5 nitrogen and oxygen atoms in total. The molecule has 2 aliphatic heterocycles. The molecule has 2 aliphatic rings. The third kappa shape index (κ3) is 4.68. The Morgan fingerprint density at radius 3 is 3.00 bits per heavy atom. The second-order valence-electron chi connectivity index (χ2n) is 5.62. The van der Waals surface area contributed by atoms with Gasteiger partial charge in [-0.05, 0) is 25.8 Å². The molecule has 2 fully saturated rings. The largest absolute Gasteiger partial charge is 0.389 e. The van der Waals surface area contributed by atoms with Gasteiger partial charge in [-0.1, -0.05) is 6.42 Å². The zero-order valence-electron chi connectivity index (χ0n) is 12.0. The van der Waals surface area contributed by atoms with E-state index in [9.17, 15) is 5.11 Å². The quantitative estimate of drug-likeness (QED) is 0.619. The molecule has 2 heterocycles. The van der Waals surface area contributed by atoms with E-state index in [2.05, 4.69) is 10.2 Å². The van der Waals surface area contributed by atoms with Crippen molar-refractivity contribution in [3.8, 4) is 0 Å². The summed E-state index contributed by atoms with van der Waals surface area (Å²) in [6.45, 7) is 4.61. The van der Waals surface area contributed by atoms with Crippen LogP contribution in [0.5, 0.6) is 0 Å². The van der Waals surface area contributed by atoms with E-state index >= 15 is 0 Å². The minimum absolute atomic E-state index is 0.386. The molecule has 19 heavy (non-hydrogen) atoms. The lowest BCUT2D eigenvalue weighted by molar-refractivity contribution is 0.0123. The number of nitrogens with zero attached hydrogens (tertiary/aromatic N) is 1. The predicted octanol–water partition coefficient (Wildman–Crippen LogP) is 0.227. The molecule has 0 amide bonds. The second kappa shape index (κ2) is 8.17. The van der Waals surface area contributed by atoms with Crippen molar-refractivity contribution in [1.82, 2.24) is 10.2 Å². The van der Waals surface area contributed by atoms with Crippen LogP contribution in [-0.2, 0) is 9.47 Å². The minimum Gasteiger partial charge on any atom is -0.389 e. The van der Waals surface area contributed by atoms with Crippen LogP contribution >= 0.6 is 0 Å². The Morgan fingerprint density at radius 2 is 2.16 bits per heavy atom. The number of piperidine rings is 1. The van der Waals surface area contributed by atoms with Crippen LogP contribution in [0.4, 0.5) is 0 Å². The van der Waals surface area contributed by atoms with E-state index in [0.717, 1.165) is 0 Å². The van der Waals surface area contributed by atoms with Crippen LogP contribution in [0.3, 0.4) is 0 Å². The third-order valence-electron chi connectivity index (χ3n) is 4.21. The molecule has 0 aromatic rings. The number of nitrogens with one attached hydrogen (secondary N) is 1. The van der Waals surface area contributed by atoms with Crippen LogP contribution in [0.1, 0.15) is 25.7 Å². The Bertz CT molecular complexity index is 253. The number of aliphatic hydroxyl groups is 1. The van der Waals surface area contributed by atoms with Gasteiger partial charge in [0, 0.05) is 32.3 Å². The zero-order chi connectivity index (χ0) is 13.5. The molecule has 0 aromatic carbocycles. The van der Waals surface area contributed by atoms with Crippen LogP contribution < -0.4 is 5.32 Å². The lowest BCUT2D eigenvalue weighted by Crippen LogP contribution is -2.47. The van der Waals surface area contributed by atoms with E-state index in [1.807, 2.05) is 0 Å². The maximum atomic E-state index is 9.86. The number of rotatable bonds is 8. The summed E-state index contributed by atoms with van der Waals surface area (Å²) in [7, 11) is 1.65. The summed E-state index contributed by atoms with van der Waals surface area (Å²) in [6, 6.07) is 1.24. The SMILES string of the molecule is COCCOCC(O)CNC1CCN2CCCCC12. The molecular formula is C14H28N2O3. The summed E-state index contributed by atoms with van der Waals surface area (Å²) in [5.74, 6) is 0. The van der Waals surface area contributed by atoms with E-state index < -0.39 is 6.10 Å². The second-order valence-corrected chi connectivity index (χ2v) is 5.62. The molecule has 0 radical (unpaired) electrons. The summed E-state index contributed by atoms with van der Waals surface area (Å²) in [5, 5.41) is 13.4. The van der Waals surface area contributed by atoms with Gasteiger partial charge in [0.2, 0.25) is 0 Å². The van der Waals surface area contributed by atoms with Gasteiger partial charge in [0.1, 0.15) is 0 Å². The van der Waals surface area contributed by atoms with Crippen molar-refractivity contribution in [2.45, 2.75) is 43.9 Å². The van der Waals surface area contributed by atoms with Crippen molar-refractivity contribution >= 4 is 0 Å². The fourth-order valence-electron chi connectivity index (χ4n) is 3.19. The first-order valence-corrected chi connectivity index (χ1v) is 7.53. The number of hydrogen-bond acceptors (Lipinski definition) is 5. The molecule has 112 valence electrons. The molecule has 0 spiro atoms. The summed E-state index contributed by atoms with van der Waals surface area (Å²) in [4.78, 5) is 2.60. The van der Waals surface area contributed by atoms with Gasteiger partial charge in [-0.15, -0.1) is 0 Å². The van der Waals surface area contributed by atoms with E-state index in [-0.39, 0.29) is 0 Å². The molecule has 0 aromatic heterocycles. The highest BCUT2D eigenvalue weighted by molar-refractivity contribution is 4.94. The van der Waals surface area contributed by atoms with Crippen molar-refractivity contribution in [3.05, 3.63) is 0 Å². The molecule has 3 atom stereocenters. The molecule has 3 unspecified atom stereocenters. The third-order valence-corrected chi connectivity index (χ3v) is 4.21. The molecule has 2 rings (SSSR count). The summed E-state index contributed by atoms with van der Waals surface area (Å²) >= 11 is 0. The fourth-order valence-corrected chi connectivity index (χ4v) is 3.19. The zero-order valence-corrected chi connectivity index (χ0v) is 12.0. The summed E-state index contributed by atoms with van der Waals surface area (Å²) in [5.41, 5.74) is 0. The van der Waals surface area contributed by atoms with E-state index in [4.69, 9.17) is 9.47 Å². The maximum Gasteiger partial charge on any atom is 0.0897 e. The lowest BCUT2D eigenvalue weighted by Gasteiger charge is -2.33. The smallest absolute Gasteiger partial charge is 0.0897 e. The Kier molecular flexibility index (Phi) is 6.53. The van der Waals surface area contributed by atoms with Crippen molar-refractivity contribution in [1.29, 1.82) is 0 Å². The van der Waals surface area contributed by atoms with Gasteiger partial charge < -0.3 is 19.9 Å². The molecule has 0 aliphatic carbocycles. The van der Waals surface area contributed by atoms with Crippen molar-refractivity contribution < 1.29 is 14.6 Å². The topological polar surface area (TPSA) is 54.0 Å². The normalized spacial score (nSPS) is 29.4. The van der Waals surface area contributed by atoms with E-state index in [0.29, 0.717) is 38.4 Å². The molecule has 5 heteroatoms. The highest BCUT2D eigenvalue weighted by Crippen LogP contribution is 2.26. The average Bonchev–Trinajstić information content (AvgIpc) is 2.85. The molecular weight excluding hydrogens is 244 g/mol. The molecule has 0 saturated carbocycles. The first kappa shape index (κ1) is 15.2. The Morgan fingerprint density at radius 1 is 1.26 bits per heavy atom. The van der Waals surface area contributed by atoms with Gasteiger partial charge in [0.25, 0.3) is 0 Å². The van der Waals surface area contributed by atoms with Crippen LogP contribution in [0.15, 0.2) is 0 Å². The first-order valence-electron chi connectivity index (χ1n) is 7.53. The van der Waals surface area contributed by atoms with Crippen LogP contribution in [0.25, 0.3) is 0 Å². The van der Waals surface area contributed by atoms with Crippen LogP contribution in [0, 0.1) is 0 Å². The van der Waals surface area contributed by atoms with Gasteiger partial charge in [-0.2, -0.15) is 0 Å². The van der Waals surface area contributed by atoms with Gasteiger partial charge in [0.15, 0.2) is 0 Å². The van der Waals surface area contributed by atoms with Gasteiger partial charge >= 0.3 is 0 Å². The standard InChI is InChI=1S/C14H28N2O3/c1-18-8-9-19-11-12(17)10-15-13-5-7-16-6-3-2-4-14(13)16/h12-15,17H,2-11H2,1H3.